The predicted molar refractivity (Wildman–Crippen MR) is 143 cm³/mol. The van der Waals surface area contributed by atoms with Crippen LogP contribution in [0, 0.1) is 6.92 Å². The van der Waals surface area contributed by atoms with E-state index in [-0.39, 0.29) is 17.1 Å². The molecule has 37 heavy (non-hydrogen) atoms. The first-order valence-electron chi connectivity index (χ1n) is 11.3. The molecule has 0 bridgehead atoms. The van der Waals surface area contributed by atoms with Gasteiger partial charge in [0.2, 0.25) is 5.78 Å². The zero-order valence-corrected chi connectivity index (χ0v) is 21.4. The van der Waals surface area contributed by atoms with Gasteiger partial charge in [0.25, 0.3) is 5.91 Å². The van der Waals surface area contributed by atoms with Crippen molar-refractivity contribution in [1.29, 1.82) is 0 Å². The molecule has 1 aliphatic rings. The van der Waals surface area contributed by atoms with Crippen molar-refractivity contribution in [1.82, 2.24) is 4.98 Å². The second-order valence-corrected chi connectivity index (χ2v) is 9.81. The summed E-state index contributed by atoms with van der Waals surface area (Å²) < 4.78 is 5.15. The number of aliphatic hydroxyl groups is 1. The van der Waals surface area contributed by atoms with Crippen LogP contribution in [0.3, 0.4) is 0 Å². The number of aromatic nitrogens is 1. The Hall–Kier alpha value is -4.14. The minimum atomic E-state index is -1.01. The van der Waals surface area contributed by atoms with Gasteiger partial charge in [0.1, 0.15) is 5.01 Å². The molecule has 0 saturated heterocycles. The van der Waals surface area contributed by atoms with Crippen molar-refractivity contribution in [3.8, 4) is 22.1 Å². The summed E-state index contributed by atoms with van der Waals surface area (Å²) >= 11 is 7.24. The van der Waals surface area contributed by atoms with E-state index < -0.39 is 23.5 Å². The number of benzene rings is 3. The lowest BCUT2D eigenvalue weighted by Gasteiger charge is -2.27. The van der Waals surface area contributed by atoms with Gasteiger partial charge < -0.3 is 14.9 Å². The Bertz CT molecular complexity index is 1550. The Morgan fingerprint density at radius 2 is 1.76 bits per heavy atom. The monoisotopic (exact) mass is 532 g/mol. The fourth-order valence-corrected chi connectivity index (χ4v) is 5.48. The van der Waals surface area contributed by atoms with Crippen LogP contribution >= 0.6 is 22.9 Å². The van der Waals surface area contributed by atoms with Gasteiger partial charge in [0, 0.05) is 16.3 Å². The fraction of sp³-hybridized carbons (Fsp3) is 0.107. The number of phenols is 1. The Labute approximate surface area is 221 Å². The molecule has 2 N–H and O–H groups in total. The number of anilines is 1. The molecule has 1 aliphatic heterocycles. The summed E-state index contributed by atoms with van der Waals surface area (Å²) in [4.78, 5) is 33.5. The lowest BCUT2D eigenvalue weighted by atomic mass is 9.94. The van der Waals surface area contributed by atoms with Crippen molar-refractivity contribution in [3.63, 3.8) is 0 Å². The third kappa shape index (κ3) is 4.34. The zero-order chi connectivity index (χ0) is 26.3. The lowest BCUT2D eigenvalue weighted by Crippen LogP contribution is -2.31. The molecular weight excluding hydrogens is 512 g/mol. The predicted octanol–water partition coefficient (Wildman–Crippen LogP) is 6.27. The Morgan fingerprint density at radius 3 is 2.41 bits per heavy atom. The largest absolute Gasteiger partial charge is 0.504 e. The summed E-state index contributed by atoms with van der Waals surface area (Å²) in [5, 5.41) is 22.6. The van der Waals surface area contributed by atoms with E-state index in [1.54, 1.807) is 37.3 Å². The molecule has 0 saturated carbocycles. The number of methoxy groups -OCH3 is 1. The maximum Gasteiger partial charge on any atom is 0.294 e. The standard InChI is InChI=1S/C28H21ClN2O5S/c1-15-26(37-27(30-15)16-6-4-3-5-7-16)24(33)22-23(17-8-13-21(36-2)20(32)14-17)31(28(35)25(22)34)19-11-9-18(29)10-12-19/h3-14,23,32,34H,1-2H3. The van der Waals surface area contributed by atoms with Crippen molar-refractivity contribution in [2.24, 2.45) is 0 Å². The van der Waals surface area contributed by atoms with E-state index in [0.29, 0.717) is 31.9 Å². The number of aromatic hydroxyl groups is 1. The van der Waals surface area contributed by atoms with Gasteiger partial charge in [-0.25, -0.2) is 4.98 Å². The number of ether oxygens (including phenoxy) is 1. The van der Waals surface area contributed by atoms with Crippen LogP contribution in [0.2, 0.25) is 5.02 Å². The number of Topliss-reactive ketones (excluding diaryl/α,β-unsaturated/α-hetero) is 1. The first-order chi connectivity index (χ1) is 17.8. The highest BCUT2D eigenvalue weighted by molar-refractivity contribution is 7.17. The van der Waals surface area contributed by atoms with Crippen molar-refractivity contribution in [2.45, 2.75) is 13.0 Å². The van der Waals surface area contributed by atoms with E-state index in [1.807, 2.05) is 30.3 Å². The third-order valence-electron chi connectivity index (χ3n) is 6.10. The fourth-order valence-electron chi connectivity index (χ4n) is 4.33. The van der Waals surface area contributed by atoms with E-state index in [1.165, 1.54) is 35.5 Å². The van der Waals surface area contributed by atoms with Crippen molar-refractivity contribution in [2.75, 3.05) is 12.0 Å². The molecule has 2 heterocycles. The van der Waals surface area contributed by atoms with Crippen LogP contribution in [0.15, 0.2) is 84.1 Å². The average Bonchev–Trinajstić information content (AvgIpc) is 3.42. The molecule has 4 aromatic rings. The van der Waals surface area contributed by atoms with Gasteiger partial charge in [-0.15, -0.1) is 11.3 Å². The second kappa shape index (κ2) is 9.72. The van der Waals surface area contributed by atoms with Crippen LogP contribution in [0.5, 0.6) is 11.5 Å². The summed E-state index contributed by atoms with van der Waals surface area (Å²) in [6, 6.07) is 19.5. The Kier molecular flexibility index (Phi) is 6.45. The van der Waals surface area contributed by atoms with Gasteiger partial charge in [0.05, 0.1) is 29.3 Å². The molecule has 1 amide bonds. The first-order valence-corrected chi connectivity index (χ1v) is 12.5. The van der Waals surface area contributed by atoms with Gasteiger partial charge in [-0.1, -0.05) is 48.0 Å². The number of ketones is 1. The summed E-state index contributed by atoms with van der Waals surface area (Å²) in [6.07, 6.45) is 0. The van der Waals surface area contributed by atoms with Gasteiger partial charge in [-0.2, -0.15) is 0 Å². The van der Waals surface area contributed by atoms with Crippen molar-refractivity contribution in [3.05, 3.63) is 105 Å². The first kappa shape index (κ1) is 24.5. The van der Waals surface area contributed by atoms with Crippen molar-refractivity contribution < 1.29 is 24.5 Å². The SMILES string of the molecule is COc1ccc(C2C(C(=O)c3sc(-c4ccccc4)nc3C)=C(O)C(=O)N2c2ccc(Cl)cc2)cc1O. The van der Waals surface area contributed by atoms with Crippen LogP contribution in [0.25, 0.3) is 10.6 Å². The number of rotatable bonds is 6. The highest BCUT2D eigenvalue weighted by atomic mass is 35.5. The number of aliphatic hydroxyl groups excluding tert-OH is 1. The number of carbonyl (C=O) groups excluding carboxylic acids is 2. The number of phenolic OH excluding ortho intramolecular Hbond substituents is 1. The van der Waals surface area contributed by atoms with E-state index >= 15 is 0 Å². The highest BCUT2D eigenvalue weighted by Gasteiger charge is 2.45. The molecule has 186 valence electrons. The van der Waals surface area contributed by atoms with Crippen LogP contribution in [0.1, 0.15) is 27.0 Å². The summed E-state index contributed by atoms with van der Waals surface area (Å²) in [7, 11) is 1.42. The lowest BCUT2D eigenvalue weighted by molar-refractivity contribution is -0.117. The van der Waals surface area contributed by atoms with Crippen molar-refractivity contribution >= 4 is 40.3 Å². The number of hydrogen-bond donors (Lipinski definition) is 2. The van der Waals surface area contributed by atoms with Gasteiger partial charge in [-0.05, 0) is 48.9 Å². The normalized spacial score (nSPS) is 15.4. The molecule has 1 unspecified atom stereocenters. The molecular formula is C28H21ClN2O5S. The minimum Gasteiger partial charge on any atom is -0.504 e. The molecule has 1 atom stereocenters. The number of amides is 1. The molecule has 3 aromatic carbocycles. The molecule has 0 spiro atoms. The van der Waals surface area contributed by atoms with Crippen LogP contribution in [0.4, 0.5) is 5.69 Å². The Balaban J connectivity index is 1.64. The molecule has 9 heteroatoms. The van der Waals surface area contributed by atoms with Crippen LogP contribution in [-0.4, -0.2) is 34.0 Å². The summed E-state index contributed by atoms with van der Waals surface area (Å²) in [5.41, 5.74) is 2.09. The van der Waals surface area contributed by atoms with E-state index in [2.05, 4.69) is 4.98 Å². The quantitative estimate of drug-likeness (QED) is 0.284. The zero-order valence-electron chi connectivity index (χ0n) is 19.8. The second-order valence-electron chi connectivity index (χ2n) is 8.38. The third-order valence-corrected chi connectivity index (χ3v) is 7.56. The Morgan fingerprint density at radius 1 is 1.05 bits per heavy atom. The van der Waals surface area contributed by atoms with Gasteiger partial charge in [0.15, 0.2) is 17.3 Å². The molecule has 5 rings (SSSR count). The van der Waals surface area contributed by atoms with Gasteiger partial charge >= 0.3 is 0 Å². The van der Waals surface area contributed by atoms with E-state index in [9.17, 15) is 19.8 Å². The smallest absolute Gasteiger partial charge is 0.294 e. The van der Waals surface area contributed by atoms with Crippen LogP contribution in [-0.2, 0) is 4.79 Å². The minimum absolute atomic E-state index is 0.101. The number of thiazole rings is 1. The average molecular weight is 533 g/mol. The number of carbonyl (C=O) groups is 2. The molecule has 1 aromatic heterocycles. The number of nitrogens with zero attached hydrogens (tertiary/aromatic N) is 2. The summed E-state index contributed by atoms with van der Waals surface area (Å²) in [5.74, 6) is -1.84. The maximum absolute atomic E-state index is 14.0. The van der Waals surface area contributed by atoms with E-state index in [4.69, 9.17) is 16.3 Å². The maximum atomic E-state index is 14.0. The topological polar surface area (TPSA) is 100.0 Å². The van der Waals surface area contributed by atoms with Crippen LogP contribution < -0.4 is 9.64 Å². The molecule has 0 aliphatic carbocycles. The van der Waals surface area contributed by atoms with E-state index in [0.717, 1.165) is 5.56 Å². The summed E-state index contributed by atoms with van der Waals surface area (Å²) in [6.45, 7) is 1.72. The number of hydrogen-bond acceptors (Lipinski definition) is 7. The molecule has 7 nitrogen and oxygen atoms in total. The number of halogens is 1. The molecule has 0 radical (unpaired) electrons. The number of aryl methyl sites for hydroxylation is 1. The highest BCUT2D eigenvalue weighted by Crippen LogP contribution is 2.45. The van der Waals surface area contributed by atoms with Gasteiger partial charge in [-0.3, -0.25) is 14.5 Å². The molecule has 0 fully saturated rings.